The van der Waals surface area contributed by atoms with Crippen molar-refractivity contribution in [2.45, 2.75) is 11.7 Å². The van der Waals surface area contributed by atoms with Crippen molar-refractivity contribution in [2.24, 2.45) is 5.10 Å². The van der Waals surface area contributed by atoms with Crippen LogP contribution in [0.1, 0.15) is 11.1 Å². The van der Waals surface area contributed by atoms with Crippen LogP contribution in [0.5, 0.6) is 0 Å². The first-order chi connectivity index (χ1) is 16.4. The van der Waals surface area contributed by atoms with Gasteiger partial charge in [0.2, 0.25) is 0 Å². The molecular formula is C23H17Cl2N5O3S. The Morgan fingerprint density at radius 2 is 1.91 bits per heavy atom. The molecule has 0 aliphatic heterocycles. The van der Waals surface area contributed by atoms with Crippen LogP contribution in [0, 0.1) is 10.1 Å². The van der Waals surface area contributed by atoms with E-state index in [4.69, 9.17) is 23.2 Å². The number of imidazole rings is 1. The van der Waals surface area contributed by atoms with Gasteiger partial charge in [-0.3, -0.25) is 14.9 Å². The predicted molar refractivity (Wildman–Crippen MR) is 135 cm³/mol. The molecule has 34 heavy (non-hydrogen) atoms. The molecule has 0 radical (unpaired) electrons. The van der Waals surface area contributed by atoms with Crippen LogP contribution in [0.3, 0.4) is 0 Å². The summed E-state index contributed by atoms with van der Waals surface area (Å²) in [7, 11) is 0. The van der Waals surface area contributed by atoms with Crippen LogP contribution in [0.25, 0.3) is 11.0 Å². The van der Waals surface area contributed by atoms with Crippen LogP contribution in [0.15, 0.2) is 77.0 Å². The monoisotopic (exact) mass is 513 g/mol. The number of halogens is 2. The third kappa shape index (κ3) is 5.74. The Labute approximate surface area is 208 Å². The number of hydrogen-bond donors (Lipinski definition) is 1. The van der Waals surface area contributed by atoms with Crippen LogP contribution in [-0.4, -0.2) is 32.3 Å². The average Bonchev–Trinajstić information content (AvgIpc) is 3.17. The first-order valence-corrected chi connectivity index (χ1v) is 11.7. The van der Waals surface area contributed by atoms with Crippen molar-refractivity contribution in [2.75, 3.05) is 5.75 Å². The van der Waals surface area contributed by atoms with Gasteiger partial charge in [0.05, 0.1) is 34.5 Å². The third-order valence-electron chi connectivity index (χ3n) is 4.79. The zero-order chi connectivity index (χ0) is 24.1. The molecule has 4 rings (SSSR count). The van der Waals surface area contributed by atoms with Gasteiger partial charge in [-0.1, -0.05) is 59.2 Å². The first kappa shape index (κ1) is 23.7. The predicted octanol–water partition coefficient (Wildman–Crippen LogP) is 5.54. The standard InChI is InChI=1S/C23H17Cl2N5O3S/c24-17-7-5-15(6-8-17)13-29-21-4-2-1-3-20(21)27-23(29)34-14-22(31)28-26-12-16-11-18(30(32)33)9-10-19(16)25/h1-12H,13-14H2,(H,28,31)/b26-12-. The van der Waals surface area contributed by atoms with E-state index in [1.54, 1.807) is 0 Å². The molecule has 0 saturated carbocycles. The summed E-state index contributed by atoms with van der Waals surface area (Å²) >= 11 is 13.3. The number of carbonyl (C=O) groups is 1. The highest BCUT2D eigenvalue weighted by molar-refractivity contribution is 7.99. The minimum Gasteiger partial charge on any atom is -0.314 e. The zero-order valence-electron chi connectivity index (χ0n) is 17.5. The van der Waals surface area contributed by atoms with E-state index in [2.05, 4.69) is 15.5 Å². The number of amides is 1. The number of fused-ring (bicyclic) bond motifs is 1. The fourth-order valence-corrected chi connectivity index (χ4v) is 4.27. The van der Waals surface area contributed by atoms with E-state index in [0.717, 1.165) is 16.6 Å². The van der Waals surface area contributed by atoms with Gasteiger partial charge in [0, 0.05) is 27.7 Å². The molecule has 3 aromatic carbocycles. The second-order valence-electron chi connectivity index (χ2n) is 7.14. The van der Waals surface area contributed by atoms with Crippen molar-refractivity contribution < 1.29 is 9.72 Å². The summed E-state index contributed by atoms with van der Waals surface area (Å²) in [6.45, 7) is 0.574. The van der Waals surface area contributed by atoms with Gasteiger partial charge in [-0.15, -0.1) is 0 Å². The maximum Gasteiger partial charge on any atom is 0.270 e. The fraction of sp³-hybridized carbons (Fsp3) is 0.0870. The van der Waals surface area contributed by atoms with Crippen LogP contribution < -0.4 is 5.43 Å². The number of nitrogens with one attached hydrogen (secondary N) is 1. The molecule has 0 aliphatic carbocycles. The number of hydrogen-bond acceptors (Lipinski definition) is 6. The van der Waals surface area contributed by atoms with Gasteiger partial charge in [-0.05, 0) is 35.9 Å². The molecule has 0 saturated heterocycles. The van der Waals surface area contributed by atoms with Crippen LogP contribution >= 0.6 is 35.0 Å². The summed E-state index contributed by atoms with van der Waals surface area (Å²) in [5.74, 6) is -0.280. The molecule has 1 heterocycles. The lowest BCUT2D eigenvalue weighted by Crippen LogP contribution is -2.20. The van der Waals surface area contributed by atoms with E-state index in [1.165, 1.54) is 36.2 Å². The van der Waals surface area contributed by atoms with Crippen molar-refractivity contribution in [3.05, 3.63) is 98.0 Å². The number of nitro groups is 1. The summed E-state index contributed by atoms with van der Waals surface area (Å²) in [6, 6.07) is 19.3. The van der Waals surface area contributed by atoms with Gasteiger partial charge in [-0.25, -0.2) is 10.4 Å². The van der Waals surface area contributed by atoms with Crippen LogP contribution in [0.4, 0.5) is 5.69 Å². The SMILES string of the molecule is O=C(CSc1nc2ccccc2n1Cc1ccc(Cl)cc1)N/N=C\c1cc([N+](=O)[O-])ccc1Cl. The van der Waals surface area contributed by atoms with Gasteiger partial charge in [-0.2, -0.15) is 5.10 Å². The highest BCUT2D eigenvalue weighted by Gasteiger charge is 2.14. The smallest absolute Gasteiger partial charge is 0.270 e. The molecule has 8 nitrogen and oxygen atoms in total. The number of carbonyl (C=O) groups excluding carboxylic acids is 1. The van der Waals surface area contributed by atoms with Gasteiger partial charge >= 0.3 is 0 Å². The topological polar surface area (TPSA) is 102 Å². The molecular weight excluding hydrogens is 497 g/mol. The van der Waals surface area contributed by atoms with E-state index in [0.29, 0.717) is 22.3 Å². The maximum atomic E-state index is 12.4. The Morgan fingerprint density at radius 1 is 1.15 bits per heavy atom. The lowest BCUT2D eigenvalue weighted by Gasteiger charge is -2.09. The summed E-state index contributed by atoms with van der Waals surface area (Å²) < 4.78 is 2.04. The summed E-state index contributed by atoms with van der Waals surface area (Å²) in [5, 5.41) is 16.4. The van der Waals surface area contributed by atoms with Crippen LogP contribution in [0.2, 0.25) is 10.0 Å². The molecule has 0 atom stereocenters. The Morgan fingerprint density at radius 3 is 2.68 bits per heavy atom. The molecule has 11 heteroatoms. The van der Waals surface area contributed by atoms with E-state index in [-0.39, 0.29) is 22.4 Å². The normalized spacial score (nSPS) is 11.2. The largest absolute Gasteiger partial charge is 0.314 e. The molecule has 0 spiro atoms. The third-order valence-corrected chi connectivity index (χ3v) is 6.36. The summed E-state index contributed by atoms with van der Waals surface area (Å²) in [6.07, 6.45) is 1.27. The van der Waals surface area contributed by atoms with Gasteiger partial charge < -0.3 is 4.57 Å². The number of nitro benzene ring substituents is 1. The summed E-state index contributed by atoms with van der Waals surface area (Å²) in [5.41, 5.74) is 5.47. The number of rotatable bonds is 8. The van der Waals surface area contributed by atoms with E-state index < -0.39 is 4.92 Å². The van der Waals surface area contributed by atoms with Crippen molar-refractivity contribution >= 4 is 63.8 Å². The lowest BCUT2D eigenvalue weighted by molar-refractivity contribution is -0.384. The maximum absolute atomic E-state index is 12.4. The van der Waals surface area contributed by atoms with E-state index >= 15 is 0 Å². The van der Waals surface area contributed by atoms with Gasteiger partial charge in [0.1, 0.15) is 0 Å². The number of aromatic nitrogens is 2. The molecule has 0 fully saturated rings. The van der Waals surface area contributed by atoms with E-state index in [9.17, 15) is 14.9 Å². The highest BCUT2D eigenvalue weighted by atomic mass is 35.5. The van der Waals surface area contributed by atoms with Crippen molar-refractivity contribution in [3.8, 4) is 0 Å². The summed E-state index contributed by atoms with van der Waals surface area (Å²) in [4.78, 5) is 27.4. The number of hydrazone groups is 1. The highest BCUT2D eigenvalue weighted by Crippen LogP contribution is 2.26. The van der Waals surface area contributed by atoms with Crippen molar-refractivity contribution in [3.63, 3.8) is 0 Å². The zero-order valence-corrected chi connectivity index (χ0v) is 19.8. The molecule has 0 bridgehead atoms. The Bertz CT molecular complexity index is 1390. The molecule has 172 valence electrons. The quantitative estimate of drug-likeness (QED) is 0.144. The lowest BCUT2D eigenvalue weighted by atomic mass is 10.2. The molecule has 1 amide bonds. The van der Waals surface area contributed by atoms with Gasteiger partial charge in [0.15, 0.2) is 5.16 Å². The number of non-ortho nitro benzene ring substituents is 1. The fourth-order valence-electron chi connectivity index (χ4n) is 3.17. The molecule has 1 aromatic heterocycles. The molecule has 0 unspecified atom stereocenters. The minimum absolute atomic E-state index is 0.0734. The second kappa shape index (κ2) is 10.7. The Hall–Kier alpha value is -3.40. The first-order valence-electron chi connectivity index (χ1n) is 9.99. The van der Waals surface area contributed by atoms with Crippen LogP contribution in [-0.2, 0) is 11.3 Å². The Balaban J connectivity index is 1.44. The minimum atomic E-state index is -0.529. The second-order valence-corrected chi connectivity index (χ2v) is 8.93. The molecule has 1 N–H and O–H groups in total. The Kier molecular flexibility index (Phi) is 7.46. The number of para-hydroxylation sites is 2. The van der Waals surface area contributed by atoms with Gasteiger partial charge in [0.25, 0.3) is 11.6 Å². The van der Waals surface area contributed by atoms with E-state index in [1.807, 2.05) is 53.1 Å². The molecule has 0 aliphatic rings. The van der Waals surface area contributed by atoms with Crippen molar-refractivity contribution in [1.82, 2.24) is 15.0 Å². The number of nitrogens with zero attached hydrogens (tertiary/aromatic N) is 4. The molecule has 4 aromatic rings. The number of benzene rings is 3. The average molecular weight is 514 g/mol. The van der Waals surface area contributed by atoms with Crippen molar-refractivity contribution in [1.29, 1.82) is 0 Å². The number of thioether (sulfide) groups is 1.